The van der Waals surface area contributed by atoms with E-state index in [1.54, 1.807) is 39.1 Å². The normalized spacial score (nSPS) is 25.5. The van der Waals surface area contributed by atoms with Crippen molar-refractivity contribution in [1.29, 1.82) is 0 Å². The van der Waals surface area contributed by atoms with E-state index in [0.717, 1.165) is 32.1 Å². The van der Waals surface area contributed by atoms with E-state index in [2.05, 4.69) is 10.3 Å². The number of dihydropyridines is 1. The number of carbonyl (C=O) groups is 3. The number of benzene rings is 1. The fraction of sp³-hybridized carbons (Fsp3) is 0.636. The molecule has 0 radical (unpaired) electrons. The van der Waals surface area contributed by atoms with Gasteiger partial charge in [0.05, 0.1) is 18.1 Å². The van der Waals surface area contributed by atoms with Gasteiger partial charge in [0, 0.05) is 36.8 Å². The maximum absolute atomic E-state index is 14.6. The van der Waals surface area contributed by atoms with Gasteiger partial charge in [0.1, 0.15) is 17.7 Å². The monoisotopic (exact) mass is 632 g/mol. The largest absolute Gasteiger partial charge is 0.444 e. The topological polar surface area (TPSA) is 112 Å². The number of halogens is 3. The molecule has 0 aromatic heterocycles. The second-order valence-electron chi connectivity index (χ2n) is 13.7. The number of amides is 3. The molecule has 12 heteroatoms. The Morgan fingerprint density at radius 1 is 1.09 bits per heavy atom. The summed E-state index contributed by atoms with van der Waals surface area (Å²) in [5.41, 5.74) is -2.46. The summed E-state index contributed by atoms with van der Waals surface area (Å²) in [6, 6.07) is 3.28. The number of alkyl halides is 3. The summed E-state index contributed by atoms with van der Waals surface area (Å²) in [5.74, 6) is -1.58. The molecule has 246 valence electrons. The zero-order chi connectivity index (χ0) is 32.6. The molecular formula is C33H43F3N4O5. The van der Waals surface area contributed by atoms with Gasteiger partial charge in [-0.2, -0.15) is 13.2 Å². The first-order valence-corrected chi connectivity index (χ1v) is 15.9. The van der Waals surface area contributed by atoms with Gasteiger partial charge in [0.2, 0.25) is 5.91 Å². The number of ether oxygens (including phenoxy) is 1. The number of aliphatic imine (C=N–C) groups is 1. The molecule has 1 saturated heterocycles. The van der Waals surface area contributed by atoms with Crippen molar-refractivity contribution in [1.82, 2.24) is 10.2 Å². The van der Waals surface area contributed by atoms with Crippen LogP contribution in [-0.2, 0) is 19.7 Å². The van der Waals surface area contributed by atoms with Crippen LogP contribution in [-0.4, -0.2) is 83.2 Å². The fourth-order valence-corrected chi connectivity index (χ4v) is 6.70. The van der Waals surface area contributed by atoms with Crippen molar-refractivity contribution in [2.75, 3.05) is 18.0 Å². The lowest BCUT2D eigenvalue weighted by Gasteiger charge is -2.39. The zero-order valence-corrected chi connectivity index (χ0v) is 26.1. The molecule has 3 fully saturated rings. The van der Waals surface area contributed by atoms with Gasteiger partial charge in [0.15, 0.2) is 0 Å². The first-order valence-electron chi connectivity index (χ1n) is 15.9. The number of aliphatic hydroxyl groups excluding tert-OH is 1. The number of β-amino-alcohol motifs (C(OH)–C–C–N with tert-alkyl or cyclic N) is 1. The predicted molar refractivity (Wildman–Crippen MR) is 163 cm³/mol. The Kier molecular flexibility index (Phi) is 9.35. The van der Waals surface area contributed by atoms with E-state index in [1.807, 2.05) is 0 Å². The van der Waals surface area contributed by atoms with Gasteiger partial charge in [0.25, 0.3) is 5.91 Å². The van der Waals surface area contributed by atoms with Gasteiger partial charge in [-0.3, -0.25) is 24.4 Å². The van der Waals surface area contributed by atoms with Gasteiger partial charge in [-0.1, -0.05) is 37.5 Å². The molecule has 2 unspecified atom stereocenters. The highest BCUT2D eigenvalue weighted by Crippen LogP contribution is 2.59. The summed E-state index contributed by atoms with van der Waals surface area (Å²) in [7, 11) is 0. The number of aliphatic hydroxyl groups is 1. The van der Waals surface area contributed by atoms with Crippen LogP contribution in [0.3, 0.4) is 0 Å². The molecule has 0 bridgehead atoms. The number of hydrogen-bond donors (Lipinski definition) is 2. The first-order chi connectivity index (χ1) is 21.2. The van der Waals surface area contributed by atoms with Crippen LogP contribution in [0.5, 0.6) is 0 Å². The Bertz CT molecular complexity index is 1310. The molecule has 2 N–H and O–H groups in total. The summed E-state index contributed by atoms with van der Waals surface area (Å²) in [5, 5.41) is 13.7. The quantitative estimate of drug-likeness (QED) is 0.437. The summed E-state index contributed by atoms with van der Waals surface area (Å²) >= 11 is 0. The minimum Gasteiger partial charge on any atom is -0.444 e. The smallest absolute Gasteiger partial charge is 0.411 e. The molecule has 2 saturated carbocycles. The number of likely N-dealkylation sites (tertiary alicyclic amines) is 1. The maximum Gasteiger partial charge on any atom is 0.411 e. The highest BCUT2D eigenvalue weighted by atomic mass is 19.4. The SMILES string of the molecule is CC(C)(C)OC(=O)N1C[C@H](O)C[C@@H]1C(=O)N(c1ccc(C2(C(F)(F)F)CC2)cc1)C(C(=O)NC1CCCCC1)C1C=CC=NC1. The second kappa shape index (κ2) is 12.8. The van der Waals surface area contributed by atoms with Crippen LogP contribution in [0.4, 0.5) is 23.7 Å². The van der Waals surface area contributed by atoms with Gasteiger partial charge in [-0.15, -0.1) is 0 Å². The second-order valence-corrected chi connectivity index (χ2v) is 13.7. The van der Waals surface area contributed by atoms with Crippen molar-refractivity contribution in [2.45, 2.75) is 114 Å². The maximum atomic E-state index is 14.6. The van der Waals surface area contributed by atoms with E-state index >= 15 is 0 Å². The van der Waals surface area contributed by atoms with Crippen molar-refractivity contribution >= 4 is 29.8 Å². The van der Waals surface area contributed by atoms with Crippen LogP contribution in [0.15, 0.2) is 41.4 Å². The first kappa shape index (κ1) is 33.0. The molecule has 3 amide bonds. The third kappa shape index (κ3) is 7.21. The number of carbonyl (C=O) groups excluding carboxylic acids is 3. The molecule has 2 heterocycles. The molecular weight excluding hydrogens is 589 g/mol. The molecule has 2 aliphatic carbocycles. The van der Waals surface area contributed by atoms with Crippen LogP contribution in [0.1, 0.15) is 77.7 Å². The van der Waals surface area contributed by atoms with Gasteiger partial charge in [-0.05, 0) is 70.2 Å². The number of nitrogens with one attached hydrogen (secondary N) is 1. The van der Waals surface area contributed by atoms with E-state index in [1.165, 1.54) is 34.1 Å². The number of hydrogen-bond acceptors (Lipinski definition) is 6. The van der Waals surface area contributed by atoms with Gasteiger partial charge < -0.3 is 15.2 Å². The zero-order valence-electron chi connectivity index (χ0n) is 26.1. The number of nitrogens with zero attached hydrogens (tertiary/aromatic N) is 3. The summed E-state index contributed by atoms with van der Waals surface area (Å²) in [6.07, 6.45) is 3.43. The third-order valence-electron chi connectivity index (χ3n) is 9.19. The number of allylic oxidation sites excluding steroid dienone is 1. The molecule has 1 aromatic carbocycles. The lowest BCUT2D eigenvalue weighted by molar-refractivity contribution is -0.160. The molecule has 0 spiro atoms. The molecule has 5 rings (SSSR count). The van der Waals surface area contributed by atoms with Crippen LogP contribution in [0.25, 0.3) is 0 Å². The van der Waals surface area contributed by atoms with Crippen molar-refractivity contribution in [3.05, 3.63) is 42.0 Å². The van der Waals surface area contributed by atoms with E-state index in [0.29, 0.717) is 0 Å². The van der Waals surface area contributed by atoms with Crippen molar-refractivity contribution in [3.8, 4) is 0 Å². The highest BCUT2D eigenvalue weighted by molar-refractivity contribution is 6.05. The molecule has 4 atom stereocenters. The van der Waals surface area contributed by atoms with Crippen LogP contribution >= 0.6 is 0 Å². The Morgan fingerprint density at radius 3 is 2.31 bits per heavy atom. The average molecular weight is 633 g/mol. The summed E-state index contributed by atoms with van der Waals surface area (Å²) < 4.78 is 47.3. The van der Waals surface area contributed by atoms with Crippen LogP contribution in [0.2, 0.25) is 0 Å². The van der Waals surface area contributed by atoms with Crippen molar-refractivity contribution < 1.29 is 37.4 Å². The molecule has 4 aliphatic rings. The highest BCUT2D eigenvalue weighted by Gasteiger charge is 2.64. The third-order valence-corrected chi connectivity index (χ3v) is 9.19. The van der Waals surface area contributed by atoms with E-state index < -0.39 is 59.2 Å². The Morgan fingerprint density at radius 2 is 1.76 bits per heavy atom. The summed E-state index contributed by atoms with van der Waals surface area (Å²) in [6.45, 7) is 5.14. The summed E-state index contributed by atoms with van der Waals surface area (Å²) in [4.78, 5) is 48.9. The standard InChI is InChI=1S/C33H43F3N4O5/c1-31(2,3)45-30(44)39-20-25(41)18-26(39)29(43)40(24-13-11-22(12-14-24)32(15-16-32)33(34,35)36)27(21-8-7-17-37-19-21)28(42)38-23-9-5-4-6-10-23/h7-8,11-14,17,21,23,25-27,41H,4-6,9-10,15-16,18-20H2,1-3H3,(H,38,42)/t21?,25-,26-,27?/m1/s1. The van der Waals surface area contributed by atoms with E-state index in [-0.39, 0.29) is 49.6 Å². The van der Waals surface area contributed by atoms with E-state index in [9.17, 15) is 32.7 Å². The van der Waals surface area contributed by atoms with Gasteiger partial charge in [-0.25, -0.2) is 4.79 Å². The molecule has 9 nitrogen and oxygen atoms in total. The average Bonchev–Trinajstić information content (AvgIpc) is 3.72. The molecule has 1 aromatic rings. The van der Waals surface area contributed by atoms with E-state index in [4.69, 9.17) is 4.74 Å². The van der Waals surface area contributed by atoms with Gasteiger partial charge >= 0.3 is 12.3 Å². The van der Waals surface area contributed by atoms with Crippen molar-refractivity contribution in [3.63, 3.8) is 0 Å². The Hall–Kier alpha value is -3.41. The molecule has 45 heavy (non-hydrogen) atoms. The van der Waals surface area contributed by atoms with Crippen LogP contribution < -0.4 is 10.2 Å². The fourth-order valence-electron chi connectivity index (χ4n) is 6.70. The lowest BCUT2D eigenvalue weighted by Crippen LogP contribution is -2.59. The minimum atomic E-state index is -4.41. The number of rotatable bonds is 7. The van der Waals surface area contributed by atoms with Crippen molar-refractivity contribution in [2.24, 2.45) is 10.9 Å². The predicted octanol–water partition coefficient (Wildman–Crippen LogP) is 5.06. The minimum absolute atomic E-state index is 0.0133. The number of anilines is 1. The molecule has 2 aliphatic heterocycles. The lowest BCUT2D eigenvalue weighted by atomic mass is 9.91. The van der Waals surface area contributed by atoms with Crippen LogP contribution in [0, 0.1) is 5.92 Å². The Labute approximate surface area is 261 Å². The Balaban J connectivity index is 1.55.